The largest absolute Gasteiger partial charge is 0.496 e. The van der Waals surface area contributed by atoms with Crippen molar-refractivity contribution in [3.05, 3.63) is 29.3 Å². The van der Waals surface area contributed by atoms with Gasteiger partial charge in [-0.1, -0.05) is 0 Å². The van der Waals surface area contributed by atoms with E-state index in [-0.39, 0.29) is 11.3 Å². The molecule has 0 saturated heterocycles. The monoisotopic (exact) mass is 203 g/mol. The highest BCUT2D eigenvalue weighted by molar-refractivity contribution is 5.37. The van der Waals surface area contributed by atoms with Crippen LogP contribution in [0, 0.1) is 11.6 Å². The van der Waals surface area contributed by atoms with Crippen LogP contribution in [-0.4, -0.2) is 18.8 Å². The van der Waals surface area contributed by atoms with Gasteiger partial charge in [-0.3, -0.25) is 0 Å². The minimum Gasteiger partial charge on any atom is -0.496 e. The van der Waals surface area contributed by atoms with Crippen molar-refractivity contribution in [1.29, 1.82) is 0 Å². The third kappa shape index (κ3) is 2.00. The van der Waals surface area contributed by atoms with E-state index in [1.165, 1.54) is 7.11 Å². The lowest BCUT2D eigenvalue weighted by Crippen LogP contribution is -2.17. The molecule has 0 aliphatic carbocycles. The van der Waals surface area contributed by atoms with E-state index in [0.717, 1.165) is 6.07 Å². The van der Waals surface area contributed by atoms with Gasteiger partial charge in [-0.15, -0.1) is 0 Å². The van der Waals surface area contributed by atoms with Gasteiger partial charge in [0, 0.05) is 17.7 Å². The van der Waals surface area contributed by atoms with Crippen molar-refractivity contribution < 1.29 is 18.6 Å². The quantitative estimate of drug-likeness (QED) is 0.769. The Kier molecular flexibility index (Phi) is 3.38. The number of hydrogen-bond donors (Lipinski definition) is 2. The molecule has 5 heteroatoms. The molecule has 1 aromatic rings. The van der Waals surface area contributed by atoms with E-state index < -0.39 is 24.3 Å². The summed E-state index contributed by atoms with van der Waals surface area (Å²) in [6.07, 6.45) is 0. The molecule has 0 aromatic heterocycles. The van der Waals surface area contributed by atoms with Crippen LogP contribution in [0.1, 0.15) is 11.6 Å². The van der Waals surface area contributed by atoms with Gasteiger partial charge in [0.05, 0.1) is 19.8 Å². The highest BCUT2D eigenvalue weighted by Gasteiger charge is 2.17. The van der Waals surface area contributed by atoms with Crippen LogP contribution in [0.4, 0.5) is 8.78 Å². The van der Waals surface area contributed by atoms with Crippen molar-refractivity contribution in [3.63, 3.8) is 0 Å². The Morgan fingerprint density at radius 3 is 2.64 bits per heavy atom. The maximum Gasteiger partial charge on any atom is 0.134 e. The number of aliphatic hydroxyl groups is 1. The SMILES string of the molecule is COc1cc(F)cc(F)c1[C@H](N)CO. The second-order valence-corrected chi connectivity index (χ2v) is 2.79. The third-order valence-corrected chi connectivity index (χ3v) is 1.84. The first-order valence-corrected chi connectivity index (χ1v) is 3.99. The van der Waals surface area contributed by atoms with Crippen molar-refractivity contribution in [2.24, 2.45) is 5.73 Å². The minimum absolute atomic E-state index is 0.00375. The molecular formula is C9H11F2NO2. The molecule has 0 aliphatic heterocycles. The molecule has 0 bridgehead atoms. The summed E-state index contributed by atoms with van der Waals surface area (Å²) in [5.74, 6) is -1.55. The molecule has 0 aliphatic rings. The van der Waals surface area contributed by atoms with Crippen LogP contribution < -0.4 is 10.5 Å². The lowest BCUT2D eigenvalue weighted by atomic mass is 10.1. The smallest absolute Gasteiger partial charge is 0.134 e. The molecule has 3 nitrogen and oxygen atoms in total. The van der Waals surface area contributed by atoms with Gasteiger partial charge >= 0.3 is 0 Å². The van der Waals surface area contributed by atoms with Crippen LogP contribution in [-0.2, 0) is 0 Å². The van der Waals surface area contributed by atoms with E-state index in [1.807, 2.05) is 0 Å². The van der Waals surface area contributed by atoms with E-state index in [4.69, 9.17) is 15.6 Å². The van der Waals surface area contributed by atoms with E-state index in [1.54, 1.807) is 0 Å². The zero-order valence-electron chi connectivity index (χ0n) is 7.63. The van der Waals surface area contributed by atoms with Gasteiger partial charge in [0.25, 0.3) is 0 Å². The Bertz CT molecular complexity index is 331. The van der Waals surface area contributed by atoms with E-state index in [9.17, 15) is 8.78 Å². The van der Waals surface area contributed by atoms with Crippen molar-refractivity contribution in [3.8, 4) is 5.75 Å². The fraction of sp³-hybridized carbons (Fsp3) is 0.333. The lowest BCUT2D eigenvalue weighted by Gasteiger charge is -2.14. The van der Waals surface area contributed by atoms with Gasteiger partial charge < -0.3 is 15.6 Å². The maximum atomic E-state index is 13.2. The second-order valence-electron chi connectivity index (χ2n) is 2.79. The predicted molar refractivity (Wildman–Crippen MR) is 46.9 cm³/mol. The number of rotatable bonds is 3. The minimum atomic E-state index is -0.912. The Morgan fingerprint density at radius 2 is 2.14 bits per heavy atom. The first-order valence-electron chi connectivity index (χ1n) is 3.99. The summed E-state index contributed by atoms with van der Waals surface area (Å²) in [6.45, 7) is -0.432. The number of nitrogens with two attached hydrogens (primary N) is 1. The predicted octanol–water partition coefficient (Wildman–Crippen LogP) is 0.966. The molecule has 0 radical (unpaired) electrons. The summed E-state index contributed by atoms with van der Waals surface area (Å²) in [5, 5.41) is 8.76. The summed E-state index contributed by atoms with van der Waals surface area (Å²) < 4.78 is 30.7. The van der Waals surface area contributed by atoms with Gasteiger partial charge in [-0.2, -0.15) is 0 Å². The van der Waals surface area contributed by atoms with Crippen molar-refractivity contribution in [2.75, 3.05) is 13.7 Å². The number of methoxy groups -OCH3 is 1. The fourth-order valence-corrected chi connectivity index (χ4v) is 1.18. The first-order chi connectivity index (χ1) is 6.60. The van der Waals surface area contributed by atoms with Crippen LogP contribution in [0.2, 0.25) is 0 Å². The Labute approximate surface area is 80.1 Å². The zero-order valence-corrected chi connectivity index (χ0v) is 7.63. The fourth-order valence-electron chi connectivity index (χ4n) is 1.18. The van der Waals surface area contributed by atoms with Crippen LogP contribution >= 0.6 is 0 Å². The number of aliphatic hydroxyl groups excluding tert-OH is 1. The summed E-state index contributed by atoms with van der Waals surface area (Å²) in [5.41, 5.74) is 5.41. The zero-order chi connectivity index (χ0) is 10.7. The standard InChI is InChI=1S/C9H11F2NO2/c1-14-8-3-5(10)2-6(11)9(8)7(12)4-13/h2-3,7,13H,4,12H2,1H3/t7-/m1/s1. The molecule has 1 aromatic carbocycles. The van der Waals surface area contributed by atoms with Gasteiger partial charge in [0.2, 0.25) is 0 Å². The highest BCUT2D eigenvalue weighted by atomic mass is 19.1. The first kappa shape index (κ1) is 10.9. The summed E-state index contributed by atoms with van der Waals surface area (Å²) in [7, 11) is 1.28. The van der Waals surface area contributed by atoms with Crippen LogP contribution in [0.25, 0.3) is 0 Å². The summed E-state index contributed by atoms with van der Waals surface area (Å²) >= 11 is 0. The van der Waals surface area contributed by atoms with Crippen molar-refractivity contribution in [1.82, 2.24) is 0 Å². The Balaban J connectivity index is 3.24. The average molecular weight is 203 g/mol. The topological polar surface area (TPSA) is 55.5 Å². The van der Waals surface area contributed by atoms with Gasteiger partial charge in [0.1, 0.15) is 17.4 Å². The number of hydrogen-bond acceptors (Lipinski definition) is 3. The molecule has 1 atom stereocenters. The van der Waals surface area contributed by atoms with Gasteiger partial charge in [-0.25, -0.2) is 8.78 Å². The number of benzene rings is 1. The molecule has 0 unspecified atom stereocenters. The molecule has 0 saturated carbocycles. The lowest BCUT2D eigenvalue weighted by molar-refractivity contribution is 0.261. The molecule has 0 heterocycles. The van der Waals surface area contributed by atoms with E-state index in [2.05, 4.69) is 0 Å². The highest BCUT2D eigenvalue weighted by Crippen LogP contribution is 2.27. The normalized spacial score (nSPS) is 12.6. The second kappa shape index (κ2) is 4.34. The molecule has 78 valence electrons. The van der Waals surface area contributed by atoms with Crippen LogP contribution in [0.5, 0.6) is 5.75 Å². The molecule has 0 fully saturated rings. The van der Waals surface area contributed by atoms with Gasteiger partial charge in [0.15, 0.2) is 0 Å². The van der Waals surface area contributed by atoms with Crippen molar-refractivity contribution in [2.45, 2.75) is 6.04 Å². The Hall–Kier alpha value is -1.20. The molecule has 0 amide bonds. The van der Waals surface area contributed by atoms with Crippen LogP contribution in [0.15, 0.2) is 12.1 Å². The molecule has 14 heavy (non-hydrogen) atoms. The van der Waals surface area contributed by atoms with Crippen LogP contribution in [0.3, 0.4) is 0 Å². The molecule has 0 spiro atoms. The summed E-state index contributed by atoms with van der Waals surface area (Å²) in [4.78, 5) is 0. The van der Waals surface area contributed by atoms with E-state index >= 15 is 0 Å². The van der Waals surface area contributed by atoms with Crippen molar-refractivity contribution >= 4 is 0 Å². The molecular weight excluding hydrogens is 192 g/mol. The summed E-state index contributed by atoms with van der Waals surface area (Å²) in [6, 6.07) is 0.812. The maximum absolute atomic E-state index is 13.2. The number of ether oxygens (including phenoxy) is 1. The van der Waals surface area contributed by atoms with Gasteiger partial charge in [-0.05, 0) is 0 Å². The molecule has 3 N–H and O–H groups in total. The average Bonchev–Trinajstić information content (AvgIpc) is 2.15. The number of halogens is 2. The molecule has 1 rings (SSSR count). The third-order valence-electron chi connectivity index (χ3n) is 1.84. The Morgan fingerprint density at radius 1 is 1.50 bits per heavy atom. The van der Waals surface area contributed by atoms with E-state index in [0.29, 0.717) is 6.07 Å².